The Morgan fingerprint density at radius 3 is 2.36 bits per heavy atom. The van der Waals surface area contributed by atoms with Crippen molar-refractivity contribution in [3.05, 3.63) is 28.8 Å². The second-order valence-corrected chi connectivity index (χ2v) is 7.01. The van der Waals surface area contributed by atoms with Crippen molar-refractivity contribution in [3.8, 4) is 0 Å². The first-order chi connectivity index (χ1) is 12.8. The predicted molar refractivity (Wildman–Crippen MR) is 94.9 cm³/mol. The van der Waals surface area contributed by atoms with E-state index in [1.54, 1.807) is 20.8 Å². The van der Waals surface area contributed by atoms with E-state index in [9.17, 15) is 27.6 Å². The highest BCUT2D eigenvalue weighted by Gasteiger charge is 2.34. The lowest BCUT2D eigenvalue weighted by Crippen LogP contribution is -2.34. The number of carbonyl (C=O) groups excluding carboxylic acids is 3. The van der Waals surface area contributed by atoms with E-state index >= 15 is 0 Å². The molecule has 0 saturated heterocycles. The fraction of sp³-hybridized carbons (Fsp3) is 0.471. The third-order valence-electron chi connectivity index (χ3n) is 2.92. The van der Waals surface area contributed by atoms with Crippen molar-refractivity contribution in [2.75, 3.05) is 18.5 Å². The maximum absolute atomic E-state index is 13.0. The van der Waals surface area contributed by atoms with Gasteiger partial charge in [0, 0.05) is 11.6 Å². The number of hydrogen-bond acceptors (Lipinski definition) is 5. The zero-order chi connectivity index (χ0) is 21.5. The summed E-state index contributed by atoms with van der Waals surface area (Å²) in [6.07, 6.45) is -5.70. The van der Waals surface area contributed by atoms with E-state index in [0.717, 1.165) is 6.07 Å². The third kappa shape index (κ3) is 8.94. The van der Waals surface area contributed by atoms with Crippen molar-refractivity contribution in [2.45, 2.75) is 39.0 Å². The minimum absolute atomic E-state index is 0.0925. The molecule has 28 heavy (non-hydrogen) atoms. The van der Waals surface area contributed by atoms with E-state index in [-0.39, 0.29) is 18.0 Å². The van der Waals surface area contributed by atoms with Crippen molar-refractivity contribution < 1.29 is 37.0 Å². The molecule has 0 saturated carbocycles. The highest BCUT2D eigenvalue weighted by molar-refractivity contribution is 6.30. The van der Waals surface area contributed by atoms with Gasteiger partial charge in [-0.1, -0.05) is 11.6 Å². The minimum atomic E-state index is -4.72. The topological polar surface area (TPSA) is 93.7 Å². The summed E-state index contributed by atoms with van der Waals surface area (Å²) in [5, 5.41) is 4.20. The SMILES string of the molecule is CC(C)(C)OC(=O)NCCC(=O)OCC(=O)Nc1ccc(Cl)cc1C(F)(F)F. The van der Waals surface area contributed by atoms with Gasteiger partial charge in [0.15, 0.2) is 6.61 Å². The van der Waals surface area contributed by atoms with Crippen LogP contribution >= 0.6 is 11.6 Å². The second-order valence-electron chi connectivity index (χ2n) is 6.58. The summed E-state index contributed by atoms with van der Waals surface area (Å²) in [6.45, 7) is 4.13. The number of hydrogen-bond donors (Lipinski definition) is 2. The molecule has 0 heterocycles. The van der Waals surface area contributed by atoms with Gasteiger partial charge in [-0.15, -0.1) is 0 Å². The third-order valence-corrected chi connectivity index (χ3v) is 3.16. The first-order valence-electron chi connectivity index (χ1n) is 8.07. The van der Waals surface area contributed by atoms with Crippen molar-refractivity contribution in [1.82, 2.24) is 5.32 Å². The predicted octanol–water partition coefficient (Wildman–Crippen LogP) is 3.76. The Labute approximate surface area is 164 Å². The van der Waals surface area contributed by atoms with Crippen LogP contribution in [0.3, 0.4) is 0 Å². The van der Waals surface area contributed by atoms with Gasteiger partial charge in [-0.3, -0.25) is 9.59 Å². The van der Waals surface area contributed by atoms with Crippen LogP contribution in [-0.2, 0) is 25.2 Å². The van der Waals surface area contributed by atoms with Gasteiger partial charge < -0.3 is 20.1 Å². The van der Waals surface area contributed by atoms with Crippen LogP contribution in [0.4, 0.5) is 23.7 Å². The number of ether oxygens (including phenoxy) is 2. The molecule has 0 aliphatic heterocycles. The first-order valence-corrected chi connectivity index (χ1v) is 8.45. The molecular formula is C17H20ClF3N2O5. The Morgan fingerprint density at radius 1 is 1.14 bits per heavy atom. The molecule has 0 unspecified atom stereocenters. The van der Waals surface area contributed by atoms with E-state index in [2.05, 4.69) is 10.1 Å². The maximum Gasteiger partial charge on any atom is 0.418 e. The molecule has 0 aliphatic rings. The number of esters is 1. The molecule has 0 fully saturated rings. The summed E-state index contributed by atoms with van der Waals surface area (Å²) in [5.41, 5.74) is -2.33. The van der Waals surface area contributed by atoms with Crippen molar-refractivity contribution in [1.29, 1.82) is 0 Å². The standard InChI is InChI=1S/C17H20ClF3N2O5/c1-16(2,3)28-15(26)22-7-6-14(25)27-9-13(24)23-12-5-4-10(18)8-11(12)17(19,20)21/h4-5,8H,6-7,9H2,1-3H3,(H,22,26)(H,23,24). The first kappa shape index (κ1) is 23.5. The van der Waals surface area contributed by atoms with Crippen LogP contribution < -0.4 is 10.6 Å². The van der Waals surface area contributed by atoms with Crippen LogP contribution in [0.5, 0.6) is 0 Å². The molecule has 7 nitrogen and oxygen atoms in total. The summed E-state index contributed by atoms with van der Waals surface area (Å²) in [4.78, 5) is 34.7. The number of alkyl carbamates (subject to hydrolysis) is 1. The fourth-order valence-corrected chi connectivity index (χ4v) is 2.02. The highest BCUT2D eigenvalue weighted by atomic mass is 35.5. The Balaban J connectivity index is 2.45. The van der Waals surface area contributed by atoms with Crippen LogP contribution in [0, 0.1) is 0 Å². The van der Waals surface area contributed by atoms with E-state index in [1.807, 2.05) is 5.32 Å². The molecule has 0 aromatic heterocycles. The largest absolute Gasteiger partial charge is 0.456 e. The normalized spacial score (nSPS) is 11.5. The quantitative estimate of drug-likeness (QED) is 0.678. The Bertz CT molecular complexity index is 732. The summed E-state index contributed by atoms with van der Waals surface area (Å²) < 4.78 is 48.5. The second kappa shape index (κ2) is 9.63. The van der Waals surface area contributed by atoms with Crippen molar-refractivity contribution in [3.63, 3.8) is 0 Å². The highest BCUT2D eigenvalue weighted by Crippen LogP contribution is 2.36. The summed E-state index contributed by atoms with van der Waals surface area (Å²) in [7, 11) is 0. The van der Waals surface area contributed by atoms with Gasteiger partial charge in [-0.25, -0.2) is 4.79 Å². The number of nitrogens with one attached hydrogen (secondary N) is 2. The van der Waals surface area contributed by atoms with Crippen LogP contribution in [-0.4, -0.2) is 36.7 Å². The number of benzene rings is 1. The molecule has 0 atom stereocenters. The van der Waals surface area contributed by atoms with Gasteiger partial charge in [-0.2, -0.15) is 13.2 Å². The molecule has 0 spiro atoms. The Hall–Kier alpha value is -2.49. The zero-order valence-corrected chi connectivity index (χ0v) is 16.2. The average Bonchev–Trinajstić information content (AvgIpc) is 2.52. The summed E-state index contributed by atoms with van der Waals surface area (Å²) in [6, 6.07) is 2.85. The molecule has 156 valence electrons. The lowest BCUT2D eigenvalue weighted by atomic mass is 10.1. The number of anilines is 1. The lowest BCUT2D eigenvalue weighted by molar-refractivity contribution is -0.147. The van der Waals surface area contributed by atoms with E-state index in [4.69, 9.17) is 16.3 Å². The van der Waals surface area contributed by atoms with Crippen LogP contribution in [0.25, 0.3) is 0 Å². The van der Waals surface area contributed by atoms with Crippen LogP contribution in [0.15, 0.2) is 18.2 Å². The maximum atomic E-state index is 13.0. The molecular weight excluding hydrogens is 405 g/mol. The average molecular weight is 425 g/mol. The van der Waals surface area contributed by atoms with Gasteiger partial charge in [-0.05, 0) is 39.0 Å². The monoisotopic (exact) mass is 424 g/mol. The van der Waals surface area contributed by atoms with E-state index < -0.39 is 47.6 Å². The van der Waals surface area contributed by atoms with Gasteiger partial charge in [0.25, 0.3) is 5.91 Å². The molecule has 1 rings (SSSR count). The minimum Gasteiger partial charge on any atom is -0.456 e. The molecule has 2 amide bonds. The van der Waals surface area contributed by atoms with Crippen molar-refractivity contribution >= 4 is 35.3 Å². The molecule has 11 heteroatoms. The number of rotatable bonds is 6. The molecule has 1 aromatic carbocycles. The van der Waals surface area contributed by atoms with E-state index in [0.29, 0.717) is 6.07 Å². The molecule has 2 N–H and O–H groups in total. The van der Waals surface area contributed by atoms with Crippen LogP contribution in [0.2, 0.25) is 5.02 Å². The van der Waals surface area contributed by atoms with Crippen molar-refractivity contribution in [2.24, 2.45) is 0 Å². The van der Waals surface area contributed by atoms with E-state index in [1.165, 1.54) is 6.07 Å². The molecule has 0 bridgehead atoms. The van der Waals surface area contributed by atoms with Crippen LogP contribution in [0.1, 0.15) is 32.8 Å². The number of amides is 2. The van der Waals surface area contributed by atoms with Gasteiger partial charge in [0.2, 0.25) is 0 Å². The zero-order valence-electron chi connectivity index (χ0n) is 15.4. The molecule has 0 aliphatic carbocycles. The number of carbonyl (C=O) groups is 3. The lowest BCUT2D eigenvalue weighted by Gasteiger charge is -2.19. The summed E-state index contributed by atoms with van der Waals surface area (Å²) in [5.74, 6) is -1.78. The van der Waals surface area contributed by atoms with Gasteiger partial charge in [0.1, 0.15) is 5.60 Å². The molecule has 0 radical (unpaired) electrons. The Morgan fingerprint density at radius 2 is 1.79 bits per heavy atom. The smallest absolute Gasteiger partial charge is 0.418 e. The summed E-state index contributed by atoms with van der Waals surface area (Å²) >= 11 is 5.55. The Kier molecular flexibility index (Phi) is 8.10. The van der Waals surface area contributed by atoms with Gasteiger partial charge >= 0.3 is 18.2 Å². The number of halogens is 4. The van der Waals surface area contributed by atoms with Gasteiger partial charge in [0.05, 0.1) is 17.7 Å². The number of alkyl halides is 3. The fourth-order valence-electron chi connectivity index (χ4n) is 1.85. The molecule has 1 aromatic rings.